The highest BCUT2D eigenvalue weighted by atomic mass is 35.5. The van der Waals surface area contributed by atoms with Crippen molar-refractivity contribution in [1.29, 1.82) is 0 Å². The molecule has 0 bridgehead atoms. The molecule has 0 aliphatic carbocycles. The minimum absolute atomic E-state index is 0.551. The third-order valence-electron chi connectivity index (χ3n) is 6.40. The molecular formula is C30H30Cl2N4+2. The topological polar surface area (TPSA) is 17.6 Å². The molecule has 2 heterocycles. The van der Waals surface area contributed by atoms with Crippen molar-refractivity contribution in [1.82, 2.24) is 9.13 Å². The van der Waals surface area contributed by atoms with Crippen LogP contribution in [0.5, 0.6) is 0 Å². The summed E-state index contributed by atoms with van der Waals surface area (Å²) in [5.74, 6) is 1.10. The van der Waals surface area contributed by atoms with Crippen molar-refractivity contribution in [3.05, 3.63) is 144 Å². The van der Waals surface area contributed by atoms with Gasteiger partial charge in [-0.1, -0.05) is 72.8 Å². The fraction of sp³-hybridized carbons (Fsp3) is 0.200. The van der Waals surface area contributed by atoms with E-state index in [1.165, 1.54) is 22.3 Å². The van der Waals surface area contributed by atoms with Gasteiger partial charge < -0.3 is 0 Å². The van der Waals surface area contributed by atoms with Crippen LogP contribution in [0.15, 0.2) is 110 Å². The SMILES string of the molecule is ClCc1ccc(C[n+]2ccn(Cc3ccccc3Cn3cc[n+](Cc4ccc(CCl)cc4)c3)c2)cc1. The second-order valence-electron chi connectivity index (χ2n) is 9.19. The molecular weight excluding hydrogens is 487 g/mol. The summed E-state index contributed by atoms with van der Waals surface area (Å²) in [5.41, 5.74) is 7.47. The van der Waals surface area contributed by atoms with Crippen molar-refractivity contribution in [2.24, 2.45) is 0 Å². The molecule has 0 N–H and O–H groups in total. The summed E-state index contributed by atoms with van der Waals surface area (Å²) >= 11 is 11.8. The number of hydrogen-bond donors (Lipinski definition) is 0. The summed E-state index contributed by atoms with van der Waals surface area (Å²) in [6.07, 6.45) is 12.9. The second-order valence-corrected chi connectivity index (χ2v) is 9.72. The van der Waals surface area contributed by atoms with E-state index >= 15 is 0 Å². The van der Waals surface area contributed by atoms with Gasteiger partial charge >= 0.3 is 0 Å². The molecule has 0 saturated carbocycles. The van der Waals surface area contributed by atoms with E-state index in [0.29, 0.717) is 11.8 Å². The van der Waals surface area contributed by atoms with Gasteiger partial charge in [0.1, 0.15) is 51.0 Å². The first kappa shape index (κ1) is 24.4. The van der Waals surface area contributed by atoms with Crippen LogP contribution in [0.3, 0.4) is 0 Å². The number of alkyl halides is 2. The molecule has 0 unspecified atom stereocenters. The Bertz CT molecular complexity index is 1290. The molecule has 0 saturated heterocycles. The van der Waals surface area contributed by atoms with Crippen LogP contribution in [0.4, 0.5) is 0 Å². The number of benzene rings is 3. The Morgan fingerprint density at radius 1 is 0.528 bits per heavy atom. The van der Waals surface area contributed by atoms with Crippen molar-refractivity contribution in [3.8, 4) is 0 Å². The second kappa shape index (κ2) is 11.6. The predicted octanol–water partition coefficient (Wildman–Crippen LogP) is 5.54. The van der Waals surface area contributed by atoms with E-state index < -0.39 is 0 Å². The number of aromatic nitrogens is 4. The van der Waals surface area contributed by atoms with Crippen LogP contribution < -0.4 is 9.13 Å². The molecule has 0 spiro atoms. The van der Waals surface area contributed by atoms with Gasteiger partial charge in [0.05, 0.1) is 0 Å². The highest BCUT2D eigenvalue weighted by Crippen LogP contribution is 2.13. The van der Waals surface area contributed by atoms with Crippen LogP contribution in [0.1, 0.15) is 33.4 Å². The summed E-state index contributed by atoms with van der Waals surface area (Å²) in [6.45, 7) is 3.36. The van der Waals surface area contributed by atoms with Crippen LogP contribution in [0.2, 0.25) is 0 Å². The zero-order valence-electron chi connectivity index (χ0n) is 20.2. The molecule has 4 nitrogen and oxygen atoms in total. The smallest absolute Gasteiger partial charge is 0.233 e. The Labute approximate surface area is 222 Å². The first-order chi connectivity index (χ1) is 17.7. The molecule has 0 amide bonds. The van der Waals surface area contributed by atoms with E-state index in [0.717, 1.165) is 37.3 Å². The fourth-order valence-electron chi connectivity index (χ4n) is 4.40. The highest BCUT2D eigenvalue weighted by Gasteiger charge is 2.12. The Morgan fingerprint density at radius 2 is 0.917 bits per heavy atom. The largest absolute Gasteiger partial charge is 0.244 e. The monoisotopic (exact) mass is 516 g/mol. The molecule has 182 valence electrons. The molecule has 5 aromatic rings. The zero-order chi connectivity index (χ0) is 24.7. The molecule has 5 rings (SSSR count). The number of rotatable bonds is 10. The van der Waals surface area contributed by atoms with Crippen molar-refractivity contribution in [2.75, 3.05) is 0 Å². The Balaban J connectivity index is 1.23. The lowest BCUT2D eigenvalue weighted by Crippen LogP contribution is -2.31. The number of imidazole rings is 2. The average molecular weight is 518 g/mol. The lowest BCUT2D eigenvalue weighted by molar-refractivity contribution is -0.688. The lowest BCUT2D eigenvalue weighted by Gasteiger charge is -2.06. The van der Waals surface area contributed by atoms with Gasteiger partial charge in [0.25, 0.3) is 0 Å². The van der Waals surface area contributed by atoms with Crippen LogP contribution in [-0.2, 0) is 37.9 Å². The van der Waals surface area contributed by atoms with Crippen LogP contribution in [-0.4, -0.2) is 9.13 Å². The van der Waals surface area contributed by atoms with E-state index in [2.05, 4.69) is 129 Å². The average Bonchev–Trinajstić information content (AvgIpc) is 3.55. The van der Waals surface area contributed by atoms with E-state index in [9.17, 15) is 0 Å². The van der Waals surface area contributed by atoms with Crippen LogP contribution in [0, 0.1) is 0 Å². The van der Waals surface area contributed by atoms with Gasteiger partial charge in [-0.15, -0.1) is 23.2 Å². The van der Waals surface area contributed by atoms with Gasteiger partial charge in [0.2, 0.25) is 12.7 Å². The standard InChI is InChI=1S/C30H30Cl2N4/c31-17-25-5-9-27(10-6-25)19-33-13-15-35(23-33)21-29-3-1-2-4-30(29)22-36-16-14-34(24-36)20-28-11-7-26(18-32)8-12-28/h1-16,23-24H,17-22H2/q+2. The molecule has 0 radical (unpaired) electrons. The third-order valence-corrected chi connectivity index (χ3v) is 7.02. The van der Waals surface area contributed by atoms with Crippen molar-refractivity contribution in [2.45, 2.75) is 37.9 Å². The molecule has 0 fully saturated rings. The van der Waals surface area contributed by atoms with Crippen molar-refractivity contribution < 1.29 is 9.13 Å². The maximum atomic E-state index is 5.91. The zero-order valence-corrected chi connectivity index (χ0v) is 21.7. The summed E-state index contributed by atoms with van der Waals surface area (Å²) in [5, 5.41) is 0. The minimum atomic E-state index is 0.551. The minimum Gasteiger partial charge on any atom is -0.233 e. The van der Waals surface area contributed by atoms with E-state index in [1.807, 2.05) is 0 Å². The van der Waals surface area contributed by atoms with Crippen molar-refractivity contribution >= 4 is 23.2 Å². The summed E-state index contributed by atoms with van der Waals surface area (Å²) in [7, 11) is 0. The molecule has 6 heteroatoms. The quantitative estimate of drug-likeness (QED) is 0.171. The summed E-state index contributed by atoms with van der Waals surface area (Å²) < 4.78 is 8.92. The molecule has 3 aromatic carbocycles. The highest BCUT2D eigenvalue weighted by molar-refractivity contribution is 6.17. The van der Waals surface area contributed by atoms with E-state index in [1.54, 1.807) is 0 Å². The number of halogens is 2. The maximum absolute atomic E-state index is 5.91. The summed E-state index contributed by atoms with van der Waals surface area (Å²) in [6, 6.07) is 25.7. The lowest BCUT2D eigenvalue weighted by atomic mass is 10.1. The third kappa shape index (κ3) is 6.26. The maximum Gasteiger partial charge on any atom is 0.244 e. The molecule has 0 aliphatic rings. The molecule has 0 atom stereocenters. The van der Waals surface area contributed by atoms with Crippen molar-refractivity contribution in [3.63, 3.8) is 0 Å². The van der Waals surface area contributed by atoms with Gasteiger partial charge in [-0.05, 0) is 22.3 Å². The Kier molecular flexibility index (Phi) is 7.85. The predicted molar refractivity (Wildman–Crippen MR) is 144 cm³/mol. The Hall–Kier alpha value is -3.34. The van der Waals surface area contributed by atoms with Gasteiger partial charge in [0.15, 0.2) is 0 Å². The first-order valence-electron chi connectivity index (χ1n) is 12.1. The van der Waals surface area contributed by atoms with Gasteiger partial charge in [0, 0.05) is 22.9 Å². The van der Waals surface area contributed by atoms with Crippen LogP contribution in [0.25, 0.3) is 0 Å². The van der Waals surface area contributed by atoms with E-state index in [4.69, 9.17) is 23.2 Å². The van der Waals surface area contributed by atoms with E-state index in [-0.39, 0.29) is 0 Å². The fourth-order valence-corrected chi connectivity index (χ4v) is 4.76. The first-order valence-corrected chi connectivity index (χ1v) is 13.2. The molecule has 0 aliphatic heterocycles. The van der Waals surface area contributed by atoms with Gasteiger partial charge in [-0.25, -0.2) is 18.3 Å². The molecule has 2 aromatic heterocycles. The Morgan fingerprint density at radius 3 is 1.31 bits per heavy atom. The summed E-state index contributed by atoms with van der Waals surface area (Å²) in [4.78, 5) is 0. The van der Waals surface area contributed by atoms with Gasteiger partial charge in [-0.2, -0.15) is 0 Å². The molecule has 36 heavy (non-hydrogen) atoms. The van der Waals surface area contributed by atoms with Crippen LogP contribution >= 0.6 is 23.2 Å². The normalized spacial score (nSPS) is 11.2. The van der Waals surface area contributed by atoms with Gasteiger partial charge in [-0.3, -0.25) is 0 Å². The number of nitrogens with zero attached hydrogens (tertiary/aromatic N) is 4. The number of hydrogen-bond acceptors (Lipinski definition) is 0.